The minimum absolute atomic E-state index is 0.115. The molecule has 4 nitrogen and oxygen atoms in total. The number of hydrogen-bond donors (Lipinski definition) is 1. The van der Waals surface area contributed by atoms with Gasteiger partial charge in [0.15, 0.2) is 0 Å². The molecule has 0 fully saturated rings. The number of nitro groups is 1. The lowest BCUT2D eigenvalue weighted by Gasteiger charge is -2.08. The van der Waals surface area contributed by atoms with Crippen LogP contribution in [0.3, 0.4) is 0 Å². The van der Waals surface area contributed by atoms with Gasteiger partial charge in [0.1, 0.15) is 0 Å². The smallest absolute Gasteiger partial charge is 0.274 e. The van der Waals surface area contributed by atoms with Gasteiger partial charge in [0.25, 0.3) is 5.69 Å². The standard InChI is InChI=1S/C14H13ClN2O2/c1-10-6-7-12(8-14(10)17(18)19)16-9-11-4-2-3-5-13(11)15/h2-8,16H,9H2,1H3. The fourth-order valence-electron chi connectivity index (χ4n) is 1.76. The van der Waals surface area contributed by atoms with E-state index in [0.29, 0.717) is 22.8 Å². The summed E-state index contributed by atoms with van der Waals surface area (Å²) in [5.74, 6) is 0. The Balaban J connectivity index is 2.14. The van der Waals surface area contributed by atoms with Gasteiger partial charge in [-0.25, -0.2) is 0 Å². The van der Waals surface area contributed by atoms with Crippen LogP contribution in [-0.4, -0.2) is 4.92 Å². The lowest BCUT2D eigenvalue weighted by Crippen LogP contribution is -2.01. The van der Waals surface area contributed by atoms with Crippen molar-refractivity contribution in [2.75, 3.05) is 5.32 Å². The summed E-state index contributed by atoms with van der Waals surface area (Å²) in [5, 5.41) is 14.7. The third-order valence-electron chi connectivity index (χ3n) is 2.85. The van der Waals surface area contributed by atoms with Crippen LogP contribution in [0.15, 0.2) is 42.5 Å². The molecular formula is C14H13ClN2O2. The number of benzene rings is 2. The molecule has 98 valence electrons. The van der Waals surface area contributed by atoms with Gasteiger partial charge >= 0.3 is 0 Å². The average molecular weight is 277 g/mol. The Labute approximate surface area is 116 Å². The van der Waals surface area contributed by atoms with E-state index in [1.54, 1.807) is 13.0 Å². The van der Waals surface area contributed by atoms with Crippen LogP contribution < -0.4 is 5.32 Å². The van der Waals surface area contributed by atoms with Crippen LogP contribution in [0.1, 0.15) is 11.1 Å². The number of aryl methyl sites for hydroxylation is 1. The summed E-state index contributed by atoms with van der Waals surface area (Å²) in [7, 11) is 0. The molecule has 0 heterocycles. The van der Waals surface area contributed by atoms with E-state index >= 15 is 0 Å². The van der Waals surface area contributed by atoms with Gasteiger partial charge in [-0.3, -0.25) is 10.1 Å². The fraction of sp³-hybridized carbons (Fsp3) is 0.143. The molecule has 0 aliphatic carbocycles. The van der Waals surface area contributed by atoms with Crippen LogP contribution in [0.5, 0.6) is 0 Å². The van der Waals surface area contributed by atoms with Crippen molar-refractivity contribution in [1.29, 1.82) is 0 Å². The molecule has 0 aromatic heterocycles. The first kappa shape index (κ1) is 13.4. The number of rotatable bonds is 4. The van der Waals surface area contributed by atoms with E-state index in [9.17, 15) is 10.1 Å². The van der Waals surface area contributed by atoms with Gasteiger partial charge in [-0.2, -0.15) is 0 Å². The lowest BCUT2D eigenvalue weighted by atomic mass is 10.1. The second-order valence-electron chi connectivity index (χ2n) is 4.20. The Morgan fingerprint density at radius 1 is 1.26 bits per heavy atom. The molecule has 0 aliphatic rings. The van der Waals surface area contributed by atoms with Crippen LogP contribution in [0.2, 0.25) is 5.02 Å². The molecule has 0 unspecified atom stereocenters. The summed E-state index contributed by atoms with van der Waals surface area (Å²) in [6.45, 7) is 2.25. The quantitative estimate of drug-likeness (QED) is 0.673. The zero-order valence-corrected chi connectivity index (χ0v) is 11.1. The molecule has 2 aromatic carbocycles. The highest BCUT2D eigenvalue weighted by atomic mass is 35.5. The summed E-state index contributed by atoms with van der Waals surface area (Å²) >= 11 is 6.05. The molecule has 0 aliphatic heterocycles. The molecule has 1 N–H and O–H groups in total. The van der Waals surface area contributed by atoms with Crippen LogP contribution >= 0.6 is 11.6 Å². The predicted molar refractivity (Wildman–Crippen MR) is 76.6 cm³/mol. The summed E-state index contributed by atoms with van der Waals surface area (Å²) in [6, 6.07) is 12.6. The first-order valence-corrected chi connectivity index (χ1v) is 6.18. The normalized spacial score (nSPS) is 10.2. The SMILES string of the molecule is Cc1ccc(NCc2ccccc2Cl)cc1[N+](=O)[O-]. The number of anilines is 1. The van der Waals surface area contributed by atoms with Crippen LogP contribution in [-0.2, 0) is 6.54 Å². The Morgan fingerprint density at radius 3 is 2.68 bits per heavy atom. The monoisotopic (exact) mass is 276 g/mol. The zero-order valence-electron chi connectivity index (χ0n) is 10.4. The maximum absolute atomic E-state index is 10.9. The Hall–Kier alpha value is -2.07. The highest BCUT2D eigenvalue weighted by Crippen LogP contribution is 2.23. The molecule has 0 saturated heterocycles. The van der Waals surface area contributed by atoms with Crippen molar-refractivity contribution in [3.8, 4) is 0 Å². The second kappa shape index (κ2) is 5.71. The number of halogens is 1. The molecule has 0 saturated carbocycles. The summed E-state index contributed by atoms with van der Waals surface area (Å²) in [5.41, 5.74) is 2.42. The van der Waals surface area contributed by atoms with E-state index in [-0.39, 0.29) is 10.6 Å². The van der Waals surface area contributed by atoms with Gasteiger partial charge in [0.2, 0.25) is 0 Å². The second-order valence-corrected chi connectivity index (χ2v) is 4.61. The van der Waals surface area contributed by atoms with Gasteiger partial charge in [-0.05, 0) is 24.6 Å². The minimum atomic E-state index is -0.379. The third kappa shape index (κ3) is 3.23. The van der Waals surface area contributed by atoms with E-state index < -0.39 is 0 Å². The third-order valence-corrected chi connectivity index (χ3v) is 3.22. The molecule has 0 atom stereocenters. The molecule has 0 spiro atoms. The van der Waals surface area contributed by atoms with Gasteiger partial charge in [0.05, 0.1) is 4.92 Å². The molecule has 5 heteroatoms. The largest absolute Gasteiger partial charge is 0.381 e. The topological polar surface area (TPSA) is 55.2 Å². The van der Waals surface area contributed by atoms with Crippen molar-refractivity contribution in [3.05, 3.63) is 68.7 Å². The molecule has 2 aromatic rings. The van der Waals surface area contributed by atoms with E-state index in [1.807, 2.05) is 30.3 Å². The zero-order chi connectivity index (χ0) is 13.8. The van der Waals surface area contributed by atoms with Crippen molar-refractivity contribution in [2.45, 2.75) is 13.5 Å². The summed E-state index contributed by atoms with van der Waals surface area (Å²) < 4.78 is 0. The number of nitro benzene ring substituents is 1. The Bertz CT molecular complexity index is 614. The van der Waals surface area contributed by atoms with Crippen molar-refractivity contribution in [2.24, 2.45) is 0 Å². The molecule has 0 amide bonds. The molecule has 2 rings (SSSR count). The maximum Gasteiger partial charge on any atom is 0.274 e. The van der Waals surface area contributed by atoms with E-state index in [4.69, 9.17) is 11.6 Å². The van der Waals surface area contributed by atoms with Crippen LogP contribution in [0.25, 0.3) is 0 Å². The minimum Gasteiger partial charge on any atom is -0.381 e. The lowest BCUT2D eigenvalue weighted by molar-refractivity contribution is -0.385. The van der Waals surface area contributed by atoms with E-state index in [0.717, 1.165) is 5.56 Å². The average Bonchev–Trinajstić information content (AvgIpc) is 2.39. The van der Waals surface area contributed by atoms with Crippen LogP contribution in [0, 0.1) is 17.0 Å². The fourth-order valence-corrected chi connectivity index (χ4v) is 1.96. The first-order chi connectivity index (χ1) is 9.08. The van der Waals surface area contributed by atoms with Crippen molar-refractivity contribution < 1.29 is 4.92 Å². The van der Waals surface area contributed by atoms with E-state index in [2.05, 4.69) is 5.32 Å². The molecule has 0 radical (unpaired) electrons. The van der Waals surface area contributed by atoms with Gasteiger partial charge in [-0.15, -0.1) is 0 Å². The highest BCUT2D eigenvalue weighted by Gasteiger charge is 2.10. The summed E-state index contributed by atoms with van der Waals surface area (Å²) in [6.07, 6.45) is 0. The highest BCUT2D eigenvalue weighted by molar-refractivity contribution is 6.31. The van der Waals surface area contributed by atoms with Gasteiger partial charge in [-0.1, -0.05) is 35.9 Å². The Morgan fingerprint density at radius 2 is 2.00 bits per heavy atom. The Kier molecular flexibility index (Phi) is 4.02. The van der Waals surface area contributed by atoms with E-state index in [1.165, 1.54) is 6.07 Å². The van der Waals surface area contributed by atoms with Crippen molar-refractivity contribution in [1.82, 2.24) is 0 Å². The van der Waals surface area contributed by atoms with Crippen molar-refractivity contribution >= 4 is 23.0 Å². The van der Waals surface area contributed by atoms with Crippen molar-refractivity contribution in [3.63, 3.8) is 0 Å². The number of nitrogens with zero attached hydrogens (tertiary/aromatic N) is 1. The number of nitrogens with one attached hydrogen (secondary N) is 1. The maximum atomic E-state index is 10.9. The molecular weight excluding hydrogens is 264 g/mol. The molecule has 19 heavy (non-hydrogen) atoms. The van der Waals surface area contributed by atoms with Crippen LogP contribution in [0.4, 0.5) is 11.4 Å². The summed E-state index contributed by atoms with van der Waals surface area (Å²) in [4.78, 5) is 10.5. The van der Waals surface area contributed by atoms with Gasteiger partial charge in [0, 0.05) is 28.9 Å². The molecule has 0 bridgehead atoms. The predicted octanol–water partition coefficient (Wildman–Crippen LogP) is 4.17. The van der Waals surface area contributed by atoms with Gasteiger partial charge < -0.3 is 5.32 Å². The first-order valence-electron chi connectivity index (χ1n) is 5.80. The number of hydrogen-bond acceptors (Lipinski definition) is 3.